The van der Waals surface area contributed by atoms with E-state index in [1.165, 1.54) is 9.80 Å². The number of carbonyl (C=O) groups excluding carboxylic acids is 3. The number of nitrogens with zero attached hydrogens (tertiary/aromatic N) is 5. The van der Waals surface area contributed by atoms with E-state index in [0.717, 1.165) is 4.57 Å². The molecule has 0 saturated carbocycles. The predicted molar refractivity (Wildman–Crippen MR) is 139 cm³/mol. The van der Waals surface area contributed by atoms with Gasteiger partial charge in [-0.25, -0.2) is 18.0 Å². The molecule has 1 fully saturated rings. The van der Waals surface area contributed by atoms with E-state index in [1.807, 2.05) is 0 Å². The minimum absolute atomic E-state index is 0.0909. The van der Waals surface area contributed by atoms with Crippen molar-refractivity contribution in [1.82, 2.24) is 34.7 Å². The van der Waals surface area contributed by atoms with Crippen LogP contribution in [0.5, 0.6) is 0 Å². The molecular weight excluding hydrogens is 608 g/mol. The number of aromatic nitrogens is 3. The first kappa shape index (κ1) is 32.5. The third-order valence-electron chi connectivity index (χ3n) is 7.57. The van der Waals surface area contributed by atoms with Gasteiger partial charge in [-0.15, -0.1) is 10.2 Å². The number of carbonyl (C=O) groups is 3. The summed E-state index contributed by atoms with van der Waals surface area (Å²) in [4.78, 5) is 44.8. The van der Waals surface area contributed by atoms with Crippen molar-refractivity contribution in [2.45, 2.75) is 76.9 Å². The zero-order chi connectivity index (χ0) is 31.6. The van der Waals surface area contributed by atoms with E-state index in [2.05, 4.69) is 20.3 Å². The van der Waals surface area contributed by atoms with Gasteiger partial charge in [-0.3, -0.25) is 14.4 Å². The topological polar surface area (TPSA) is 112 Å². The van der Waals surface area contributed by atoms with E-state index in [4.69, 9.17) is 11.8 Å². The summed E-state index contributed by atoms with van der Waals surface area (Å²) in [5.74, 6) is -6.97. The van der Waals surface area contributed by atoms with Crippen LogP contribution in [0, 0.1) is 23.4 Å². The first-order chi connectivity index (χ1) is 20.2. The number of hydrogen-bond donors (Lipinski definition) is 2. The van der Waals surface area contributed by atoms with Crippen molar-refractivity contribution in [2.75, 3.05) is 13.1 Å². The van der Waals surface area contributed by atoms with Gasteiger partial charge in [-0.2, -0.15) is 13.2 Å². The SMILES string of the molecule is CC(C)C(NCl)C(=O)N1CCCC1C(=O)N[C@@H](CC(=O)N1CCn2c(nnc2C(F)(F)F)C1)Cc1cc(F)c(F)cc1F. The molecule has 1 aromatic carbocycles. The normalized spacial score (nSPS) is 18.5. The Bertz CT molecular complexity index is 1370. The van der Waals surface area contributed by atoms with Crippen LogP contribution in [0.25, 0.3) is 0 Å². The van der Waals surface area contributed by atoms with Gasteiger partial charge >= 0.3 is 6.18 Å². The molecule has 17 heteroatoms. The second kappa shape index (κ2) is 13.1. The van der Waals surface area contributed by atoms with Gasteiger partial charge in [0.25, 0.3) is 0 Å². The Balaban J connectivity index is 1.53. The average Bonchev–Trinajstić information content (AvgIpc) is 3.59. The number of halogens is 7. The molecule has 1 aromatic heterocycles. The molecule has 0 radical (unpaired) electrons. The smallest absolute Gasteiger partial charge is 0.351 e. The highest BCUT2D eigenvalue weighted by molar-refractivity contribution is 6.15. The molecule has 43 heavy (non-hydrogen) atoms. The lowest BCUT2D eigenvalue weighted by Gasteiger charge is -2.32. The van der Waals surface area contributed by atoms with Crippen LogP contribution in [0.15, 0.2) is 12.1 Å². The second-order valence-electron chi connectivity index (χ2n) is 10.9. The standard InChI is InChI=1S/C26H30ClF6N7O3/c1-13(2)22(35-27)24(43)39-5-3-4-19(39)23(42)34-15(8-14-9-17(29)18(30)11-16(14)28)10-21(41)38-6-7-40-20(12-38)36-37-25(40)26(31,32)33/h9,11,13,15,19,22,35H,3-8,10,12H2,1-2H3,(H,34,42)/t15-,19?,22?/m1/s1. The van der Waals surface area contributed by atoms with Crippen LogP contribution in [0.4, 0.5) is 26.3 Å². The number of hydrogen-bond acceptors (Lipinski definition) is 6. The molecular formula is C26H30ClF6N7O3. The number of benzene rings is 1. The molecule has 0 aliphatic carbocycles. The Kier molecular flexibility index (Phi) is 9.89. The summed E-state index contributed by atoms with van der Waals surface area (Å²) in [5, 5.41) is 9.38. The van der Waals surface area contributed by atoms with Crippen molar-refractivity contribution in [1.29, 1.82) is 0 Å². The molecule has 3 amide bonds. The van der Waals surface area contributed by atoms with Gasteiger partial charge in [0.15, 0.2) is 17.5 Å². The van der Waals surface area contributed by atoms with Gasteiger partial charge in [0, 0.05) is 38.2 Å². The van der Waals surface area contributed by atoms with Crippen molar-refractivity contribution in [3.05, 3.63) is 46.8 Å². The van der Waals surface area contributed by atoms with Crippen LogP contribution in [-0.4, -0.2) is 73.5 Å². The fourth-order valence-corrected chi connectivity index (χ4v) is 5.66. The fourth-order valence-electron chi connectivity index (χ4n) is 5.32. The van der Waals surface area contributed by atoms with Crippen LogP contribution in [0.2, 0.25) is 0 Å². The summed E-state index contributed by atoms with van der Waals surface area (Å²) in [5.41, 5.74) is -0.309. The molecule has 3 heterocycles. The molecule has 3 atom stereocenters. The third-order valence-corrected chi connectivity index (χ3v) is 7.81. The molecule has 236 valence electrons. The first-order valence-electron chi connectivity index (χ1n) is 13.6. The van der Waals surface area contributed by atoms with Gasteiger partial charge in [-0.05, 0) is 48.6 Å². The number of amides is 3. The van der Waals surface area contributed by atoms with E-state index >= 15 is 0 Å². The van der Waals surface area contributed by atoms with Crippen LogP contribution in [-0.2, 0) is 40.1 Å². The van der Waals surface area contributed by atoms with E-state index in [9.17, 15) is 40.7 Å². The Morgan fingerprint density at radius 3 is 2.40 bits per heavy atom. The molecule has 2 N–H and O–H groups in total. The minimum atomic E-state index is -4.73. The van der Waals surface area contributed by atoms with Gasteiger partial charge in [0.05, 0.1) is 6.54 Å². The number of rotatable bonds is 9. The molecule has 2 aromatic rings. The zero-order valence-corrected chi connectivity index (χ0v) is 24.0. The maximum atomic E-state index is 14.6. The Labute approximate surface area is 247 Å². The van der Waals surface area contributed by atoms with Crippen molar-refractivity contribution < 1.29 is 40.7 Å². The molecule has 4 rings (SSSR count). The minimum Gasteiger partial charge on any atom is -0.351 e. The van der Waals surface area contributed by atoms with Crippen molar-refractivity contribution in [3.8, 4) is 0 Å². The number of alkyl halides is 3. The molecule has 2 aliphatic heterocycles. The number of nitrogens with one attached hydrogen (secondary N) is 2. The highest BCUT2D eigenvalue weighted by atomic mass is 35.5. The lowest BCUT2D eigenvalue weighted by atomic mass is 10.0. The lowest BCUT2D eigenvalue weighted by molar-refractivity contribution is -0.148. The van der Waals surface area contributed by atoms with Crippen molar-refractivity contribution >= 4 is 29.5 Å². The highest BCUT2D eigenvalue weighted by Gasteiger charge is 2.41. The molecule has 0 spiro atoms. The van der Waals surface area contributed by atoms with E-state index < -0.39 is 78.1 Å². The summed E-state index contributed by atoms with van der Waals surface area (Å²) >= 11 is 5.76. The van der Waals surface area contributed by atoms with Crippen molar-refractivity contribution in [3.63, 3.8) is 0 Å². The summed E-state index contributed by atoms with van der Waals surface area (Å²) in [6, 6.07) is -1.87. The molecule has 1 saturated heterocycles. The van der Waals surface area contributed by atoms with Crippen LogP contribution >= 0.6 is 11.8 Å². The number of fused-ring (bicyclic) bond motifs is 1. The summed E-state index contributed by atoms with van der Waals surface area (Å²) in [7, 11) is 0. The Morgan fingerprint density at radius 1 is 1.05 bits per heavy atom. The molecule has 2 unspecified atom stereocenters. The summed E-state index contributed by atoms with van der Waals surface area (Å²) in [6.45, 7) is 3.16. The number of likely N-dealkylation sites (tertiary alicyclic amines) is 1. The molecule has 10 nitrogen and oxygen atoms in total. The third kappa shape index (κ3) is 7.22. The van der Waals surface area contributed by atoms with Gasteiger partial charge < -0.3 is 19.7 Å². The average molecular weight is 638 g/mol. The predicted octanol–water partition coefficient (Wildman–Crippen LogP) is 2.93. The van der Waals surface area contributed by atoms with Gasteiger partial charge in [0.2, 0.25) is 23.5 Å². The maximum Gasteiger partial charge on any atom is 0.451 e. The largest absolute Gasteiger partial charge is 0.451 e. The van der Waals surface area contributed by atoms with Crippen molar-refractivity contribution in [2.24, 2.45) is 5.92 Å². The van der Waals surface area contributed by atoms with Crippen LogP contribution in [0.3, 0.4) is 0 Å². The molecule has 0 bridgehead atoms. The van der Waals surface area contributed by atoms with Gasteiger partial charge in [-0.1, -0.05) is 13.8 Å². The Morgan fingerprint density at radius 2 is 1.74 bits per heavy atom. The fraction of sp³-hybridized carbons (Fsp3) is 0.577. The zero-order valence-electron chi connectivity index (χ0n) is 23.2. The van der Waals surface area contributed by atoms with E-state index in [1.54, 1.807) is 13.8 Å². The lowest BCUT2D eigenvalue weighted by Crippen LogP contribution is -2.54. The van der Waals surface area contributed by atoms with Crippen LogP contribution in [0.1, 0.15) is 50.3 Å². The maximum absolute atomic E-state index is 14.6. The second-order valence-corrected chi connectivity index (χ2v) is 11.1. The van der Waals surface area contributed by atoms with Gasteiger partial charge in [0.1, 0.15) is 17.9 Å². The Hall–Kier alpha value is -3.40. The first-order valence-corrected chi connectivity index (χ1v) is 14.0. The summed E-state index contributed by atoms with van der Waals surface area (Å²) < 4.78 is 82.5. The van der Waals surface area contributed by atoms with E-state index in [0.29, 0.717) is 25.0 Å². The summed E-state index contributed by atoms with van der Waals surface area (Å²) in [6.07, 6.45) is -4.79. The molecule has 2 aliphatic rings. The van der Waals surface area contributed by atoms with E-state index in [-0.39, 0.29) is 43.5 Å². The highest BCUT2D eigenvalue weighted by Crippen LogP contribution is 2.30. The quantitative estimate of drug-likeness (QED) is 0.249. The van der Waals surface area contributed by atoms with Crippen LogP contribution < -0.4 is 10.2 Å². The monoisotopic (exact) mass is 637 g/mol.